The largest absolute Gasteiger partial charge is 0.481 e. The van der Waals surface area contributed by atoms with Gasteiger partial charge in [-0.15, -0.1) is 0 Å². The summed E-state index contributed by atoms with van der Waals surface area (Å²) in [4.78, 5) is 41.7. The Hall–Kier alpha value is -3.03. The third kappa shape index (κ3) is 5.31. The molecule has 1 aliphatic rings. The molecule has 3 N–H and O–H groups in total. The van der Waals surface area contributed by atoms with Crippen molar-refractivity contribution in [2.75, 3.05) is 13.1 Å². The van der Waals surface area contributed by atoms with Crippen LogP contribution in [0, 0.1) is 5.92 Å². The number of rotatable bonds is 5. The van der Waals surface area contributed by atoms with Crippen LogP contribution in [0.25, 0.3) is 10.9 Å². The molecule has 1 aromatic heterocycles. The molecule has 30 heavy (non-hydrogen) atoms. The lowest BCUT2D eigenvalue weighted by Gasteiger charge is -2.33. The van der Waals surface area contributed by atoms with Gasteiger partial charge in [-0.3, -0.25) is 9.59 Å². The zero-order chi connectivity index (χ0) is 21.9. The molecule has 8 heteroatoms. The molecule has 8 nitrogen and oxygen atoms in total. The molecule has 0 aliphatic carbocycles. The van der Waals surface area contributed by atoms with Crippen molar-refractivity contribution in [3.8, 4) is 0 Å². The quantitative estimate of drug-likeness (QED) is 0.695. The van der Waals surface area contributed by atoms with Gasteiger partial charge in [0, 0.05) is 36.6 Å². The number of fused-ring (bicyclic) bond motifs is 1. The second-order valence-corrected chi connectivity index (χ2v) is 8.70. The van der Waals surface area contributed by atoms with Crippen molar-refractivity contribution in [1.82, 2.24) is 15.2 Å². The summed E-state index contributed by atoms with van der Waals surface area (Å²) < 4.78 is 5.35. The van der Waals surface area contributed by atoms with E-state index in [9.17, 15) is 19.5 Å². The van der Waals surface area contributed by atoms with E-state index in [1.165, 1.54) is 0 Å². The van der Waals surface area contributed by atoms with Crippen LogP contribution in [0.2, 0.25) is 0 Å². The number of carboxylic acid groups (broad SMARTS) is 1. The van der Waals surface area contributed by atoms with E-state index < -0.39 is 29.6 Å². The predicted octanol–water partition coefficient (Wildman–Crippen LogP) is 2.93. The monoisotopic (exact) mass is 415 g/mol. The first-order valence-electron chi connectivity index (χ1n) is 10.2. The number of aromatic amines is 1. The molecule has 2 aromatic rings. The van der Waals surface area contributed by atoms with Crippen molar-refractivity contribution < 1.29 is 24.2 Å². The first kappa shape index (κ1) is 21.7. The number of nitrogens with one attached hydrogen (secondary N) is 2. The highest BCUT2D eigenvalue weighted by Gasteiger charge is 2.32. The van der Waals surface area contributed by atoms with Crippen LogP contribution in [0.1, 0.15) is 39.2 Å². The average Bonchev–Trinajstić information content (AvgIpc) is 3.08. The lowest BCUT2D eigenvalue weighted by molar-refractivity contribution is -0.146. The van der Waals surface area contributed by atoms with Crippen molar-refractivity contribution in [3.05, 3.63) is 36.0 Å². The third-order valence-electron chi connectivity index (χ3n) is 5.24. The number of benzene rings is 1. The number of para-hydroxylation sites is 1. The van der Waals surface area contributed by atoms with E-state index in [0.717, 1.165) is 16.5 Å². The van der Waals surface area contributed by atoms with Gasteiger partial charge in [-0.25, -0.2) is 4.79 Å². The molecular weight excluding hydrogens is 386 g/mol. The molecule has 1 saturated heterocycles. The first-order chi connectivity index (χ1) is 14.1. The SMILES string of the molecule is CC(C)(C)OC(=O)N[C@@H](Cc1c[nH]c2ccccc12)C(=O)N1CCC(C(=O)O)CC1. The molecule has 1 aliphatic heterocycles. The van der Waals surface area contributed by atoms with Crippen LogP contribution in [0.4, 0.5) is 4.79 Å². The highest BCUT2D eigenvalue weighted by atomic mass is 16.6. The third-order valence-corrected chi connectivity index (χ3v) is 5.24. The highest BCUT2D eigenvalue weighted by Crippen LogP contribution is 2.22. The number of nitrogens with zero attached hydrogens (tertiary/aromatic N) is 1. The van der Waals surface area contributed by atoms with E-state index in [1.54, 1.807) is 25.7 Å². The number of alkyl carbamates (subject to hydrolysis) is 1. The van der Waals surface area contributed by atoms with Gasteiger partial charge in [0.2, 0.25) is 5.91 Å². The summed E-state index contributed by atoms with van der Waals surface area (Å²) in [5.41, 5.74) is 1.19. The normalized spacial score (nSPS) is 16.3. The first-order valence-corrected chi connectivity index (χ1v) is 10.2. The van der Waals surface area contributed by atoms with Gasteiger partial charge >= 0.3 is 12.1 Å². The van der Waals surface area contributed by atoms with E-state index in [-0.39, 0.29) is 5.91 Å². The second kappa shape index (κ2) is 8.77. The van der Waals surface area contributed by atoms with Gasteiger partial charge in [0.05, 0.1) is 5.92 Å². The fraction of sp³-hybridized carbons (Fsp3) is 0.500. The minimum absolute atomic E-state index is 0.227. The Morgan fingerprint density at radius 3 is 2.53 bits per heavy atom. The molecule has 162 valence electrons. The minimum Gasteiger partial charge on any atom is -0.481 e. The average molecular weight is 415 g/mol. The fourth-order valence-electron chi connectivity index (χ4n) is 3.74. The van der Waals surface area contributed by atoms with Crippen LogP contribution in [0.3, 0.4) is 0 Å². The van der Waals surface area contributed by atoms with Gasteiger partial charge < -0.3 is 25.0 Å². The molecule has 2 amide bonds. The number of hydrogen-bond donors (Lipinski definition) is 3. The summed E-state index contributed by atoms with van der Waals surface area (Å²) in [6, 6.07) is 6.97. The molecule has 1 fully saturated rings. The molecule has 3 rings (SSSR count). The maximum absolute atomic E-state index is 13.2. The molecule has 1 aromatic carbocycles. The van der Waals surface area contributed by atoms with Crippen molar-refractivity contribution in [3.63, 3.8) is 0 Å². The zero-order valence-corrected chi connectivity index (χ0v) is 17.6. The van der Waals surface area contributed by atoms with E-state index in [4.69, 9.17) is 4.74 Å². The van der Waals surface area contributed by atoms with Crippen molar-refractivity contribution >= 4 is 28.9 Å². The van der Waals surface area contributed by atoms with Gasteiger partial charge in [0.25, 0.3) is 0 Å². The van der Waals surface area contributed by atoms with E-state index in [0.29, 0.717) is 32.4 Å². The van der Waals surface area contributed by atoms with Gasteiger partial charge in [-0.1, -0.05) is 18.2 Å². The Balaban J connectivity index is 1.77. The van der Waals surface area contributed by atoms with Crippen LogP contribution < -0.4 is 5.32 Å². The lowest BCUT2D eigenvalue weighted by atomic mass is 9.96. The predicted molar refractivity (Wildman–Crippen MR) is 112 cm³/mol. The maximum atomic E-state index is 13.2. The molecule has 2 heterocycles. The summed E-state index contributed by atoms with van der Waals surface area (Å²) in [7, 11) is 0. The molecule has 0 radical (unpaired) electrons. The van der Waals surface area contributed by atoms with Crippen LogP contribution in [-0.2, 0) is 20.7 Å². The Bertz CT molecular complexity index is 922. The van der Waals surface area contributed by atoms with Crippen molar-refractivity contribution in [1.29, 1.82) is 0 Å². The van der Waals surface area contributed by atoms with Crippen LogP contribution >= 0.6 is 0 Å². The molecule has 1 atom stereocenters. The Morgan fingerprint density at radius 2 is 1.90 bits per heavy atom. The minimum atomic E-state index is -0.829. The van der Waals surface area contributed by atoms with Crippen LogP contribution in [0.15, 0.2) is 30.5 Å². The van der Waals surface area contributed by atoms with Crippen LogP contribution in [0.5, 0.6) is 0 Å². The van der Waals surface area contributed by atoms with E-state index >= 15 is 0 Å². The molecule has 0 unspecified atom stereocenters. The summed E-state index contributed by atoms with van der Waals surface area (Å²) in [6.45, 7) is 6.01. The summed E-state index contributed by atoms with van der Waals surface area (Å²) in [6.07, 6.45) is 2.32. The van der Waals surface area contributed by atoms with E-state index in [2.05, 4.69) is 10.3 Å². The van der Waals surface area contributed by atoms with Gasteiger partial charge in [0.1, 0.15) is 11.6 Å². The number of amides is 2. The molecule has 0 spiro atoms. The second-order valence-electron chi connectivity index (χ2n) is 8.70. The molecule has 0 saturated carbocycles. The number of carboxylic acids is 1. The number of piperidine rings is 1. The van der Waals surface area contributed by atoms with Gasteiger partial charge in [0.15, 0.2) is 0 Å². The standard InChI is InChI=1S/C22H29N3O5/c1-22(2,3)30-21(29)24-18(12-15-13-23-17-7-5-4-6-16(15)17)19(26)25-10-8-14(9-11-25)20(27)28/h4-7,13-14,18,23H,8-12H2,1-3H3,(H,24,29)(H,27,28)/t18-/m0/s1. The molecule has 0 bridgehead atoms. The number of hydrogen-bond acceptors (Lipinski definition) is 4. The lowest BCUT2D eigenvalue weighted by Crippen LogP contribution is -2.52. The zero-order valence-electron chi connectivity index (χ0n) is 17.6. The maximum Gasteiger partial charge on any atom is 0.408 e. The summed E-state index contributed by atoms with van der Waals surface area (Å²) >= 11 is 0. The number of carbonyl (C=O) groups excluding carboxylic acids is 2. The number of ether oxygens (including phenoxy) is 1. The van der Waals surface area contributed by atoms with Crippen molar-refractivity contribution in [2.24, 2.45) is 5.92 Å². The smallest absolute Gasteiger partial charge is 0.408 e. The van der Waals surface area contributed by atoms with Crippen LogP contribution in [-0.4, -0.2) is 57.7 Å². The Kier molecular flexibility index (Phi) is 6.34. The molecular formula is C22H29N3O5. The van der Waals surface area contributed by atoms with Gasteiger partial charge in [-0.05, 0) is 45.2 Å². The van der Waals surface area contributed by atoms with Gasteiger partial charge in [-0.2, -0.15) is 0 Å². The van der Waals surface area contributed by atoms with Crippen molar-refractivity contribution in [2.45, 2.75) is 51.7 Å². The topological polar surface area (TPSA) is 112 Å². The number of carbonyl (C=O) groups is 3. The fourth-order valence-corrected chi connectivity index (χ4v) is 3.74. The Morgan fingerprint density at radius 1 is 1.23 bits per heavy atom. The highest BCUT2D eigenvalue weighted by molar-refractivity contribution is 5.88. The number of H-pyrrole nitrogens is 1. The Labute approximate surface area is 175 Å². The number of aliphatic carboxylic acids is 1. The summed E-state index contributed by atoms with van der Waals surface area (Å²) in [5.74, 6) is -1.49. The van der Waals surface area contributed by atoms with E-state index in [1.807, 2.05) is 30.5 Å². The summed E-state index contributed by atoms with van der Waals surface area (Å²) in [5, 5.41) is 12.9. The number of likely N-dealkylation sites (tertiary alicyclic amines) is 1. The number of aromatic nitrogens is 1.